The quantitative estimate of drug-likeness (QED) is 0.244. The van der Waals surface area contributed by atoms with E-state index < -0.39 is 6.16 Å². The molecule has 10 nitrogen and oxygen atoms in total. The Morgan fingerprint density at radius 1 is 1.21 bits per heavy atom. The molecule has 0 aliphatic carbocycles. The number of halogens is 1. The summed E-state index contributed by atoms with van der Waals surface area (Å²) in [6.45, 7) is 6.49. The van der Waals surface area contributed by atoms with Gasteiger partial charge in [0, 0.05) is 36.6 Å². The molecule has 1 aliphatic heterocycles. The van der Waals surface area contributed by atoms with E-state index in [1.54, 1.807) is 28.9 Å². The Kier molecular flexibility index (Phi) is 7.68. The maximum absolute atomic E-state index is 13.4. The predicted octanol–water partition coefficient (Wildman–Crippen LogP) is 5.20. The first-order valence-corrected chi connectivity index (χ1v) is 13.5. The van der Waals surface area contributed by atoms with Crippen LogP contribution in [0.5, 0.6) is 5.75 Å². The Balaban J connectivity index is 1.41. The van der Waals surface area contributed by atoms with Gasteiger partial charge in [0.2, 0.25) is 0 Å². The Bertz CT molecular complexity index is 1450. The van der Waals surface area contributed by atoms with E-state index in [0.29, 0.717) is 32.7 Å². The van der Waals surface area contributed by atoms with Gasteiger partial charge in [0.15, 0.2) is 11.5 Å². The summed E-state index contributed by atoms with van der Waals surface area (Å²) in [6.07, 6.45) is 0.894. The van der Waals surface area contributed by atoms with Gasteiger partial charge in [0.25, 0.3) is 5.91 Å². The van der Waals surface area contributed by atoms with Crippen LogP contribution < -0.4 is 10.1 Å². The molecular formula is C26H28ClN5O5S. The first-order valence-electron chi connectivity index (χ1n) is 12.3. The number of carbonyl (C=O) groups is 2. The molecule has 1 saturated heterocycles. The van der Waals surface area contributed by atoms with Crippen molar-refractivity contribution in [2.24, 2.45) is 0 Å². The molecule has 12 heteroatoms. The average Bonchev–Trinajstić information content (AvgIpc) is 3.63. The van der Waals surface area contributed by atoms with Gasteiger partial charge in [-0.2, -0.15) is 5.10 Å². The molecule has 3 aromatic heterocycles. The molecule has 1 aliphatic rings. The molecule has 1 amide bonds. The van der Waals surface area contributed by atoms with E-state index in [2.05, 4.69) is 39.1 Å². The zero-order chi connectivity index (χ0) is 26.8. The highest BCUT2D eigenvalue weighted by Gasteiger charge is 2.25. The summed E-state index contributed by atoms with van der Waals surface area (Å²) in [4.78, 5) is 28.3. The zero-order valence-corrected chi connectivity index (χ0v) is 22.8. The summed E-state index contributed by atoms with van der Waals surface area (Å²) in [5, 5.41) is 12.5. The van der Waals surface area contributed by atoms with Crippen molar-refractivity contribution >= 4 is 45.9 Å². The van der Waals surface area contributed by atoms with Crippen molar-refractivity contribution in [1.82, 2.24) is 25.2 Å². The number of nitrogens with one attached hydrogen (secondary N) is 1. The lowest BCUT2D eigenvalue weighted by Crippen LogP contribution is -2.46. The smallest absolute Gasteiger partial charge is 0.437 e. The molecule has 1 N–H and O–H groups in total. The van der Waals surface area contributed by atoms with Crippen molar-refractivity contribution in [1.29, 1.82) is 0 Å². The first kappa shape index (κ1) is 26.2. The highest BCUT2D eigenvalue weighted by molar-refractivity contribution is 7.19. The van der Waals surface area contributed by atoms with Crippen molar-refractivity contribution in [2.75, 3.05) is 20.2 Å². The number of nitrogens with zero attached hydrogens (tertiary/aromatic N) is 4. The number of carbonyl (C=O) groups excluding carboxylic acids is 2. The molecule has 1 fully saturated rings. The van der Waals surface area contributed by atoms with Crippen molar-refractivity contribution < 1.29 is 23.6 Å². The van der Waals surface area contributed by atoms with Crippen LogP contribution in [0.4, 0.5) is 4.79 Å². The van der Waals surface area contributed by atoms with Gasteiger partial charge in [0.1, 0.15) is 11.4 Å². The Labute approximate surface area is 228 Å². The number of piperidine rings is 1. The van der Waals surface area contributed by atoms with Crippen LogP contribution in [-0.2, 0) is 11.3 Å². The molecule has 0 bridgehead atoms. The molecule has 38 heavy (non-hydrogen) atoms. The molecule has 200 valence electrons. The monoisotopic (exact) mass is 557 g/mol. The molecule has 0 atom stereocenters. The van der Waals surface area contributed by atoms with E-state index >= 15 is 0 Å². The maximum Gasteiger partial charge on any atom is 0.513 e. The SMILES string of the molecule is COC(=O)Oc1ccc2c(c1)c(C(=O)NC1CCN(C(C)C)CC1)nn2Cc1cc(-c2ccc(Cl)s2)on1. The number of ether oxygens (including phenoxy) is 2. The van der Waals surface area contributed by atoms with Crippen LogP contribution in [0, 0.1) is 0 Å². The normalized spacial score (nSPS) is 14.8. The van der Waals surface area contributed by atoms with Crippen LogP contribution in [0.15, 0.2) is 40.9 Å². The second-order valence-corrected chi connectivity index (χ2v) is 11.1. The minimum absolute atomic E-state index is 0.0583. The van der Waals surface area contributed by atoms with Gasteiger partial charge < -0.3 is 24.2 Å². The second-order valence-electron chi connectivity index (χ2n) is 9.41. The highest BCUT2D eigenvalue weighted by Crippen LogP contribution is 2.32. The lowest BCUT2D eigenvalue weighted by Gasteiger charge is -2.34. The number of methoxy groups -OCH3 is 1. The number of amides is 1. The number of likely N-dealkylation sites (tertiary alicyclic amines) is 1. The predicted molar refractivity (Wildman–Crippen MR) is 144 cm³/mol. The zero-order valence-electron chi connectivity index (χ0n) is 21.3. The number of hydrogen-bond donors (Lipinski definition) is 1. The number of fused-ring (bicyclic) bond motifs is 1. The van der Waals surface area contributed by atoms with E-state index in [-0.39, 0.29) is 29.9 Å². The van der Waals surface area contributed by atoms with Gasteiger partial charge in [-0.05, 0) is 57.0 Å². The van der Waals surface area contributed by atoms with E-state index in [4.69, 9.17) is 20.9 Å². The average molecular weight is 558 g/mol. The molecule has 1 aromatic carbocycles. The Hall–Kier alpha value is -3.41. The standard InChI is InChI=1S/C26H28ClN5O5S/c1-15(2)31-10-8-16(9-11-31)28-25(33)24-19-13-18(36-26(34)35-3)4-5-20(19)32(29-24)14-17-12-21(37-30-17)22-6-7-23(27)38-22/h4-7,12-13,15-16H,8-11,14H2,1-3H3,(H,28,33). The summed E-state index contributed by atoms with van der Waals surface area (Å²) in [7, 11) is 1.23. The van der Waals surface area contributed by atoms with Gasteiger partial charge in [-0.3, -0.25) is 9.48 Å². The van der Waals surface area contributed by atoms with Gasteiger partial charge in [-0.15, -0.1) is 11.3 Å². The van der Waals surface area contributed by atoms with Crippen LogP contribution in [0.3, 0.4) is 0 Å². The molecular weight excluding hydrogens is 530 g/mol. The Morgan fingerprint density at radius 2 is 2.00 bits per heavy atom. The third kappa shape index (κ3) is 5.69. The van der Waals surface area contributed by atoms with E-state index in [9.17, 15) is 9.59 Å². The van der Waals surface area contributed by atoms with Gasteiger partial charge in [0.05, 0.1) is 28.4 Å². The molecule has 4 heterocycles. The Morgan fingerprint density at radius 3 is 2.68 bits per heavy atom. The number of aromatic nitrogens is 3. The fourth-order valence-corrected chi connectivity index (χ4v) is 5.56. The van der Waals surface area contributed by atoms with Crippen LogP contribution in [0.2, 0.25) is 4.34 Å². The lowest BCUT2D eigenvalue weighted by atomic mass is 10.0. The summed E-state index contributed by atoms with van der Waals surface area (Å²) < 4.78 is 17.7. The molecule has 0 saturated carbocycles. The van der Waals surface area contributed by atoms with Crippen LogP contribution >= 0.6 is 22.9 Å². The van der Waals surface area contributed by atoms with Gasteiger partial charge >= 0.3 is 6.16 Å². The van der Waals surface area contributed by atoms with E-state index in [1.165, 1.54) is 18.4 Å². The first-order chi connectivity index (χ1) is 18.3. The van der Waals surface area contributed by atoms with Gasteiger partial charge in [-0.25, -0.2) is 4.79 Å². The van der Waals surface area contributed by atoms with E-state index in [0.717, 1.165) is 30.8 Å². The maximum atomic E-state index is 13.4. The third-order valence-corrected chi connectivity index (χ3v) is 7.83. The van der Waals surface area contributed by atoms with Crippen LogP contribution in [0.1, 0.15) is 42.9 Å². The largest absolute Gasteiger partial charge is 0.513 e. The molecule has 0 unspecified atom stereocenters. The number of benzene rings is 1. The summed E-state index contributed by atoms with van der Waals surface area (Å²) in [6, 6.07) is 11.0. The molecule has 4 aromatic rings. The van der Waals surface area contributed by atoms with E-state index in [1.807, 2.05) is 12.1 Å². The molecule has 0 spiro atoms. The summed E-state index contributed by atoms with van der Waals surface area (Å²) in [5.41, 5.74) is 1.57. The van der Waals surface area contributed by atoms with Gasteiger partial charge in [-0.1, -0.05) is 16.8 Å². The van der Waals surface area contributed by atoms with Crippen LogP contribution in [-0.4, -0.2) is 64.2 Å². The van der Waals surface area contributed by atoms with Crippen molar-refractivity contribution in [3.63, 3.8) is 0 Å². The fourth-order valence-electron chi connectivity index (χ4n) is 4.56. The van der Waals surface area contributed by atoms with Crippen LogP contribution in [0.25, 0.3) is 21.5 Å². The minimum Gasteiger partial charge on any atom is -0.437 e. The molecule has 0 radical (unpaired) electrons. The third-order valence-electron chi connectivity index (χ3n) is 6.59. The minimum atomic E-state index is -0.844. The van der Waals surface area contributed by atoms with Crippen molar-refractivity contribution in [3.8, 4) is 16.4 Å². The summed E-state index contributed by atoms with van der Waals surface area (Å²) >= 11 is 7.45. The number of thiophene rings is 1. The number of rotatable bonds is 7. The number of hydrogen-bond acceptors (Lipinski definition) is 9. The molecule has 5 rings (SSSR count). The van der Waals surface area contributed by atoms with Crippen molar-refractivity contribution in [3.05, 3.63) is 52.1 Å². The van der Waals surface area contributed by atoms with Crippen molar-refractivity contribution in [2.45, 2.75) is 45.3 Å². The lowest BCUT2D eigenvalue weighted by molar-refractivity contribution is 0.0896. The topological polar surface area (TPSA) is 112 Å². The summed E-state index contributed by atoms with van der Waals surface area (Å²) in [5.74, 6) is 0.579. The second kappa shape index (κ2) is 11.1. The highest BCUT2D eigenvalue weighted by atomic mass is 35.5. The fraction of sp³-hybridized carbons (Fsp3) is 0.385.